The lowest BCUT2D eigenvalue weighted by molar-refractivity contribution is -0.144. The first-order chi connectivity index (χ1) is 8.55. The number of ether oxygens (including phenoxy) is 1. The molecule has 0 aromatic heterocycles. The van der Waals surface area contributed by atoms with Gasteiger partial charge in [-0.1, -0.05) is 23.8 Å². The van der Waals surface area contributed by atoms with E-state index < -0.39 is 5.54 Å². The minimum atomic E-state index is -0.550. The van der Waals surface area contributed by atoms with E-state index in [2.05, 4.69) is 25.1 Å². The number of aryl methyl sites for hydroxylation is 2. The van der Waals surface area contributed by atoms with Crippen molar-refractivity contribution < 1.29 is 9.53 Å². The Morgan fingerprint density at radius 3 is 3.00 bits per heavy atom. The largest absolute Gasteiger partial charge is 0.466 e. The Morgan fingerprint density at radius 1 is 1.50 bits per heavy atom. The van der Waals surface area contributed by atoms with E-state index in [0.29, 0.717) is 6.61 Å². The fourth-order valence-electron chi connectivity index (χ4n) is 2.75. The summed E-state index contributed by atoms with van der Waals surface area (Å²) in [5.41, 5.74) is 9.51. The van der Waals surface area contributed by atoms with Crippen molar-refractivity contribution >= 4 is 5.97 Å². The molecular weight excluding hydrogens is 226 g/mol. The van der Waals surface area contributed by atoms with E-state index in [4.69, 9.17) is 10.5 Å². The summed E-state index contributed by atoms with van der Waals surface area (Å²) in [5.74, 6) is -0.200. The quantitative estimate of drug-likeness (QED) is 0.835. The number of carbonyl (C=O) groups is 1. The highest BCUT2D eigenvalue weighted by Gasteiger charge is 2.35. The molecule has 3 nitrogen and oxygen atoms in total. The van der Waals surface area contributed by atoms with Crippen LogP contribution in [-0.4, -0.2) is 12.6 Å². The second-order valence-electron chi connectivity index (χ2n) is 5.15. The van der Waals surface area contributed by atoms with Crippen molar-refractivity contribution in [3.8, 4) is 0 Å². The lowest BCUT2D eigenvalue weighted by atomic mass is 9.75. The highest BCUT2D eigenvalue weighted by atomic mass is 16.5. The number of rotatable bonds is 3. The van der Waals surface area contributed by atoms with E-state index in [-0.39, 0.29) is 12.4 Å². The van der Waals surface area contributed by atoms with Crippen molar-refractivity contribution in [1.82, 2.24) is 0 Å². The number of hydrogen-bond acceptors (Lipinski definition) is 3. The molecule has 0 amide bonds. The van der Waals surface area contributed by atoms with Gasteiger partial charge in [0.2, 0.25) is 0 Å². The van der Waals surface area contributed by atoms with Crippen LogP contribution >= 0.6 is 0 Å². The van der Waals surface area contributed by atoms with Gasteiger partial charge in [0, 0.05) is 0 Å². The molecule has 1 unspecified atom stereocenters. The molecule has 0 saturated carbocycles. The van der Waals surface area contributed by atoms with Gasteiger partial charge in [0.15, 0.2) is 0 Å². The number of esters is 1. The maximum atomic E-state index is 11.7. The third kappa shape index (κ3) is 2.56. The molecule has 0 fully saturated rings. The van der Waals surface area contributed by atoms with Gasteiger partial charge in [0.1, 0.15) is 0 Å². The summed E-state index contributed by atoms with van der Waals surface area (Å²) >= 11 is 0. The van der Waals surface area contributed by atoms with Crippen LogP contribution in [0.25, 0.3) is 0 Å². The monoisotopic (exact) mass is 247 g/mol. The van der Waals surface area contributed by atoms with Crippen molar-refractivity contribution in [3.05, 3.63) is 34.9 Å². The summed E-state index contributed by atoms with van der Waals surface area (Å²) in [7, 11) is 0. The van der Waals surface area contributed by atoms with E-state index in [9.17, 15) is 4.79 Å². The molecule has 0 bridgehead atoms. The third-order valence-corrected chi connectivity index (χ3v) is 3.64. The van der Waals surface area contributed by atoms with Gasteiger partial charge in [-0.25, -0.2) is 0 Å². The van der Waals surface area contributed by atoms with Gasteiger partial charge in [-0.15, -0.1) is 0 Å². The minimum absolute atomic E-state index is 0.200. The number of carbonyl (C=O) groups excluding carboxylic acids is 1. The minimum Gasteiger partial charge on any atom is -0.466 e. The SMILES string of the molecule is CCOC(=O)CC1(N)CCCc2ccc(C)cc21. The summed E-state index contributed by atoms with van der Waals surface area (Å²) in [6.07, 6.45) is 3.21. The van der Waals surface area contributed by atoms with Crippen LogP contribution in [0.3, 0.4) is 0 Å². The highest BCUT2D eigenvalue weighted by molar-refractivity contribution is 5.71. The predicted molar refractivity (Wildman–Crippen MR) is 71.2 cm³/mol. The predicted octanol–water partition coefficient (Wildman–Crippen LogP) is 2.44. The molecule has 2 N–H and O–H groups in total. The molecule has 1 aromatic rings. The summed E-state index contributed by atoms with van der Waals surface area (Å²) in [4.78, 5) is 11.7. The van der Waals surface area contributed by atoms with Crippen LogP contribution in [0.4, 0.5) is 0 Å². The molecule has 0 saturated heterocycles. The van der Waals surface area contributed by atoms with E-state index in [1.165, 1.54) is 11.1 Å². The molecule has 0 spiro atoms. The third-order valence-electron chi connectivity index (χ3n) is 3.64. The van der Waals surface area contributed by atoms with E-state index >= 15 is 0 Å². The summed E-state index contributed by atoms with van der Waals surface area (Å²) in [5, 5.41) is 0. The number of benzene rings is 1. The first kappa shape index (κ1) is 13.1. The second kappa shape index (κ2) is 5.11. The molecule has 2 rings (SSSR count). The highest BCUT2D eigenvalue weighted by Crippen LogP contribution is 2.36. The summed E-state index contributed by atoms with van der Waals surface area (Å²) < 4.78 is 5.04. The molecule has 0 aliphatic heterocycles. The van der Waals surface area contributed by atoms with Crippen molar-refractivity contribution in [1.29, 1.82) is 0 Å². The van der Waals surface area contributed by atoms with Gasteiger partial charge in [-0.3, -0.25) is 4.79 Å². The Balaban J connectivity index is 2.29. The summed E-state index contributed by atoms with van der Waals surface area (Å²) in [6.45, 7) is 4.29. The Morgan fingerprint density at radius 2 is 2.28 bits per heavy atom. The number of fused-ring (bicyclic) bond motifs is 1. The van der Waals surface area contributed by atoms with E-state index in [1.807, 2.05) is 6.92 Å². The van der Waals surface area contributed by atoms with Crippen molar-refractivity contribution in [2.45, 2.75) is 45.1 Å². The summed E-state index contributed by atoms with van der Waals surface area (Å²) in [6, 6.07) is 6.36. The van der Waals surface area contributed by atoms with Gasteiger partial charge in [-0.2, -0.15) is 0 Å². The first-order valence-corrected chi connectivity index (χ1v) is 6.59. The zero-order valence-corrected chi connectivity index (χ0v) is 11.2. The molecule has 1 atom stereocenters. The van der Waals surface area contributed by atoms with Crippen LogP contribution in [0.15, 0.2) is 18.2 Å². The molecule has 1 aromatic carbocycles. The average molecular weight is 247 g/mol. The van der Waals surface area contributed by atoms with Gasteiger partial charge in [0.05, 0.1) is 18.6 Å². The Kier molecular flexibility index (Phi) is 3.71. The van der Waals surface area contributed by atoms with E-state index in [1.54, 1.807) is 0 Å². The van der Waals surface area contributed by atoms with Crippen LogP contribution in [0.2, 0.25) is 0 Å². The Labute approximate surface area is 108 Å². The maximum absolute atomic E-state index is 11.7. The van der Waals surface area contributed by atoms with Gasteiger partial charge in [0.25, 0.3) is 0 Å². The molecule has 3 heteroatoms. The standard InChI is InChI=1S/C15H21NO2/c1-3-18-14(17)10-15(16)8-4-5-12-7-6-11(2)9-13(12)15/h6-7,9H,3-5,8,10,16H2,1-2H3. The van der Waals surface area contributed by atoms with Crippen molar-refractivity contribution in [2.24, 2.45) is 5.73 Å². The zero-order chi connectivity index (χ0) is 13.2. The molecule has 1 aliphatic rings. The molecule has 98 valence electrons. The fourth-order valence-corrected chi connectivity index (χ4v) is 2.75. The fraction of sp³-hybridized carbons (Fsp3) is 0.533. The normalized spacial score (nSPS) is 22.4. The van der Waals surface area contributed by atoms with Crippen LogP contribution < -0.4 is 5.73 Å². The average Bonchev–Trinajstić information content (AvgIpc) is 2.30. The number of nitrogens with two attached hydrogens (primary N) is 1. The van der Waals surface area contributed by atoms with Gasteiger partial charge < -0.3 is 10.5 Å². The topological polar surface area (TPSA) is 52.3 Å². The van der Waals surface area contributed by atoms with Gasteiger partial charge >= 0.3 is 5.97 Å². The first-order valence-electron chi connectivity index (χ1n) is 6.59. The van der Waals surface area contributed by atoms with Crippen molar-refractivity contribution in [3.63, 3.8) is 0 Å². The number of hydrogen-bond donors (Lipinski definition) is 1. The molecule has 0 radical (unpaired) electrons. The molecule has 18 heavy (non-hydrogen) atoms. The second-order valence-corrected chi connectivity index (χ2v) is 5.15. The molecule has 0 heterocycles. The van der Waals surface area contributed by atoms with Gasteiger partial charge in [-0.05, 0) is 44.2 Å². The Hall–Kier alpha value is -1.35. The molecule has 1 aliphatic carbocycles. The van der Waals surface area contributed by atoms with Crippen LogP contribution in [0.1, 0.15) is 42.9 Å². The lowest BCUT2D eigenvalue weighted by Crippen LogP contribution is -2.42. The van der Waals surface area contributed by atoms with Crippen LogP contribution in [-0.2, 0) is 21.5 Å². The van der Waals surface area contributed by atoms with E-state index in [0.717, 1.165) is 24.8 Å². The van der Waals surface area contributed by atoms with Crippen LogP contribution in [0.5, 0.6) is 0 Å². The van der Waals surface area contributed by atoms with Crippen LogP contribution in [0, 0.1) is 6.92 Å². The smallest absolute Gasteiger partial charge is 0.307 e. The zero-order valence-electron chi connectivity index (χ0n) is 11.2. The van der Waals surface area contributed by atoms with Crippen molar-refractivity contribution in [2.75, 3.05) is 6.61 Å². The maximum Gasteiger partial charge on any atom is 0.307 e. The lowest BCUT2D eigenvalue weighted by Gasteiger charge is -2.35. The Bertz CT molecular complexity index is 456. The molecular formula is C15H21NO2.